The lowest BCUT2D eigenvalue weighted by atomic mass is 10.2. The van der Waals surface area contributed by atoms with E-state index < -0.39 is 10.0 Å². The number of carbonyl (C=O) groups excluding carboxylic acids is 1. The first-order chi connectivity index (χ1) is 12.4. The maximum atomic E-state index is 12.3. The van der Waals surface area contributed by atoms with Crippen molar-refractivity contribution < 1.29 is 13.2 Å². The minimum absolute atomic E-state index is 0.104. The number of thiazole rings is 1. The van der Waals surface area contributed by atoms with Gasteiger partial charge in [0, 0.05) is 23.7 Å². The number of hydrogen-bond acceptors (Lipinski definition) is 6. The van der Waals surface area contributed by atoms with Gasteiger partial charge in [0.2, 0.25) is 5.91 Å². The number of rotatable bonds is 8. The average Bonchev–Trinajstić information content (AvgIpc) is 3.07. The van der Waals surface area contributed by atoms with Crippen molar-refractivity contribution in [1.82, 2.24) is 10.3 Å². The number of thiocarbonyl (C=S) groups is 1. The van der Waals surface area contributed by atoms with E-state index in [0.29, 0.717) is 17.2 Å². The number of sulfonamides is 1. The lowest BCUT2D eigenvalue weighted by molar-refractivity contribution is -0.119. The topological polar surface area (TPSA) is 100 Å². The second-order valence-electron chi connectivity index (χ2n) is 5.43. The van der Waals surface area contributed by atoms with Gasteiger partial charge >= 0.3 is 0 Å². The highest BCUT2D eigenvalue weighted by Gasteiger charge is 2.15. The molecule has 0 fully saturated rings. The van der Waals surface area contributed by atoms with Gasteiger partial charge in [-0.2, -0.15) is 0 Å². The van der Waals surface area contributed by atoms with Crippen LogP contribution in [0.1, 0.15) is 32.6 Å². The molecule has 7 nitrogen and oxygen atoms in total. The van der Waals surface area contributed by atoms with Crippen LogP contribution in [0.3, 0.4) is 0 Å². The van der Waals surface area contributed by atoms with Gasteiger partial charge in [-0.1, -0.05) is 19.8 Å². The molecular weight excluding hydrogens is 392 g/mol. The molecule has 1 aromatic carbocycles. The van der Waals surface area contributed by atoms with Crippen LogP contribution >= 0.6 is 23.6 Å². The highest BCUT2D eigenvalue weighted by Crippen LogP contribution is 2.19. The van der Waals surface area contributed by atoms with Crippen LogP contribution in [0.25, 0.3) is 0 Å². The number of carbonyl (C=O) groups is 1. The van der Waals surface area contributed by atoms with E-state index in [1.807, 2.05) is 0 Å². The van der Waals surface area contributed by atoms with Crippen molar-refractivity contribution in [2.24, 2.45) is 0 Å². The molecule has 26 heavy (non-hydrogen) atoms. The molecule has 0 bridgehead atoms. The smallest absolute Gasteiger partial charge is 0.263 e. The molecule has 140 valence electrons. The van der Waals surface area contributed by atoms with E-state index in [1.54, 1.807) is 17.5 Å². The minimum Gasteiger partial charge on any atom is -0.332 e. The molecule has 0 saturated carbocycles. The monoisotopic (exact) mass is 412 g/mol. The molecule has 0 saturated heterocycles. The van der Waals surface area contributed by atoms with Crippen molar-refractivity contribution in [3.63, 3.8) is 0 Å². The predicted octanol–water partition coefficient (Wildman–Crippen LogP) is 3.34. The fourth-order valence-electron chi connectivity index (χ4n) is 2.05. The summed E-state index contributed by atoms with van der Waals surface area (Å²) >= 11 is 6.29. The molecule has 2 rings (SSSR count). The fraction of sp³-hybridized carbons (Fsp3) is 0.312. The van der Waals surface area contributed by atoms with Crippen molar-refractivity contribution in [3.05, 3.63) is 35.8 Å². The summed E-state index contributed by atoms with van der Waals surface area (Å²) in [7, 11) is -3.69. The summed E-state index contributed by atoms with van der Waals surface area (Å²) in [6, 6.07) is 6.05. The second kappa shape index (κ2) is 9.60. The molecule has 0 atom stereocenters. The van der Waals surface area contributed by atoms with Crippen LogP contribution in [0.2, 0.25) is 0 Å². The van der Waals surface area contributed by atoms with Crippen molar-refractivity contribution >= 4 is 55.4 Å². The highest BCUT2D eigenvalue weighted by atomic mass is 32.2. The van der Waals surface area contributed by atoms with Crippen LogP contribution in [0.5, 0.6) is 0 Å². The van der Waals surface area contributed by atoms with Gasteiger partial charge < -0.3 is 10.6 Å². The Labute approximate surface area is 162 Å². The zero-order chi connectivity index (χ0) is 19.0. The van der Waals surface area contributed by atoms with Gasteiger partial charge in [-0.25, -0.2) is 13.4 Å². The number of aromatic nitrogens is 1. The van der Waals surface area contributed by atoms with Crippen LogP contribution in [0.15, 0.2) is 40.7 Å². The van der Waals surface area contributed by atoms with Gasteiger partial charge in [-0.05, 0) is 42.9 Å². The number of hydrogen-bond donors (Lipinski definition) is 3. The Hall–Kier alpha value is -2.04. The molecule has 1 heterocycles. The zero-order valence-corrected chi connectivity index (χ0v) is 16.6. The van der Waals surface area contributed by atoms with E-state index in [4.69, 9.17) is 12.2 Å². The van der Waals surface area contributed by atoms with Crippen molar-refractivity contribution in [3.8, 4) is 0 Å². The summed E-state index contributed by atoms with van der Waals surface area (Å²) in [5, 5.41) is 7.64. The van der Waals surface area contributed by atoms with Crippen molar-refractivity contribution in [1.29, 1.82) is 0 Å². The minimum atomic E-state index is -3.69. The molecule has 2 aromatic rings. The first kappa shape index (κ1) is 20.3. The summed E-state index contributed by atoms with van der Waals surface area (Å²) in [5.74, 6) is -0.136. The van der Waals surface area contributed by atoms with Gasteiger partial charge in [-0.15, -0.1) is 11.3 Å². The molecule has 3 N–H and O–H groups in total. The lowest BCUT2D eigenvalue weighted by Crippen LogP contribution is -2.33. The Morgan fingerprint density at radius 2 is 1.96 bits per heavy atom. The van der Waals surface area contributed by atoms with E-state index in [1.165, 1.54) is 29.7 Å². The SMILES string of the molecule is CCCCCC(=O)NC(=S)Nc1ccc(S(=O)(=O)Nc2nccs2)cc1. The Morgan fingerprint density at radius 1 is 1.23 bits per heavy atom. The Morgan fingerprint density at radius 3 is 2.58 bits per heavy atom. The molecule has 0 spiro atoms. The van der Waals surface area contributed by atoms with E-state index in [9.17, 15) is 13.2 Å². The first-order valence-corrected chi connectivity index (χ1v) is 10.8. The van der Waals surface area contributed by atoms with Gasteiger partial charge in [-0.3, -0.25) is 9.52 Å². The quantitative estimate of drug-likeness (QED) is 0.454. The Bertz CT molecular complexity index is 834. The number of benzene rings is 1. The van der Waals surface area contributed by atoms with E-state index in [0.717, 1.165) is 19.3 Å². The van der Waals surface area contributed by atoms with Crippen molar-refractivity contribution in [2.45, 2.75) is 37.5 Å². The normalized spacial score (nSPS) is 11.0. The standard InChI is InChI=1S/C16H20N4O3S3/c1-2-3-4-5-14(21)19-15(24)18-12-6-8-13(9-7-12)26(22,23)20-16-17-10-11-25-16/h6-11H,2-5H2,1H3,(H,17,20)(H2,18,19,21,24). The van der Waals surface area contributed by atoms with Crippen LogP contribution in [0.4, 0.5) is 10.8 Å². The first-order valence-electron chi connectivity index (χ1n) is 8.04. The van der Waals surface area contributed by atoms with Crippen LogP contribution < -0.4 is 15.4 Å². The lowest BCUT2D eigenvalue weighted by Gasteiger charge is -2.10. The summed E-state index contributed by atoms with van der Waals surface area (Å²) < 4.78 is 26.9. The van der Waals surface area contributed by atoms with E-state index in [-0.39, 0.29) is 15.9 Å². The third kappa shape index (κ3) is 6.36. The van der Waals surface area contributed by atoms with Gasteiger partial charge in [0.1, 0.15) is 0 Å². The number of amides is 1. The Kier molecular flexibility index (Phi) is 7.49. The van der Waals surface area contributed by atoms with Crippen LogP contribution in [-0.2, 0) is 14.8 Å². The van der Waals surface area contributed by atoms with Crippen molar-refractivity contribution in [2.75, 3.05) is 10.0 Å². The van der Waals surface area contributed by atoms with E-state index in [2.05, 4.69) is 27.3 Å². The average molecular weight is 413 g/mol. The molecule has 10 heteroatoms. The van der Waals surface area contributed by atoms with Crippen LogP contribution in [0, 0.1) is 0 Å². The molecular formula is C16H20N4O3S3. The van der Waals surface area contributed by atoms with Crippen LogP contribution in [-0.4, -0.2) is 24.4 Å². The summed E-state index contributed by atoms with van der Waals surface area (Å²) in [6.07, 6.45) is 4.81. The number of nitrogens with zero attached hydrogens (tertiary/aromatic N) is 1. The maximum absolute atomic E-state index is 12.3. The molecule has 0 aliphatic heterocycles. The summed E-state index contributed by atoms with van der Waals surface area (Å²) in [6.45, 7) is 2.07. The van der Waals surface area contributed by atoms with Gasteiger partial charge in [0.25, 0.3) is 10.0 Å². The van der Waals surface area contributed by atoms with Gasteiger partial charge in [0.05, 0.1) is 4.90 Å². The predicted molar refractivity (Wildman–Crippen MR) is 108 cm³/mol. The van der Waals surface area contributed by atoms with E-state index >= 15 is 0 Å². The molecule has 1 aromatic heterocycles. The summed E-state index contributed by atoms with van der Waals surface area (Å²) in [4.78, 5) is 15.7. The number of anilines is 2. The Balaban J connectivity index is 1.90. The highest BCUT2D eigenvalue weighted by molar-refractivity contribution is 7.93. The largest absolute Gasteiger partial charge is 0.332 e. The molecule has 0 aliphatic carbocycles. The third-order valence-electron chi connectivity index (χ3n) is 3.34. The molecule has 0 aliphatic rings. The second-order valence-corrected chi connectivity index (χ2v) is 8.41. The maximum Gasteiger partial charge on any atom is 0.263 e. The molecule has 0 radical (unpaired) electrons. The third-order valence-corrected chi connectivity index (χ3v) is 5.71. The summed E-state index contributed by atoms with van der Waals surface area (Å²) in [5.41, 5.74) is 0.581. The molecule has 1 amide bonds. The molecule has 0 unspecified atom stereocenters. The number of nitrogens with one attached hydrogen (secondary N) is 3. The number of unbranched alkanes of at least 4 members (excludes halogenated alkanes) is 2. The zero-order valence-electron chi connectivity index (χ0n) is 14.2. The van der Waals surface area contributed by atoms with Gasteiger partial charge in [0.15, 0.2) is 10.2 Å². The fourth-order valence-corrected chi connectivity index (χ4v) is 4.07.